The molecule has 0 saturated carbocycles. The van der Waals surface area contributed by atoms with E-state index in [-0.39, 0.29) is 5.56 Å². The van der Waals surface area contributed by atoms with Crippen LogP contribution in [0, 0.1) is 13.8 Å². The SMILES string of the molecule is CCc1ccccc1NCc1cc(=O)n2[nH]c(-c3ccc(C)cc3)c(C)c2n1. The highest BCUT2D eigenvalue weighted by atomic mass is 16.1. The molecule has 2 aromatic carbocycles. The monoisotopic (exact) mass is 372 g/mol. The van der Waals surface area contributed by atoms with Crippen molar-refractivity contribution >= 4 is 11.3 Å². The molecule has 0 fully saturated rings. The lowest BCUT2D eigenvalue weighted by Gasteiger charge is -2.10. The summed E-state index contributed by atoms with van der Waals surface area (Å²) in [5.74, 6) is 0. The van der Waals surface area contributed by atoms with Crippen LogP contribution in [0.2, 0.25) is 0 Å². The summed E-state index contributed by atoms with van der Waals surface area (Å²) in [5, 5.41) is 6.62. The first-order valence-electron chi connectivity index (χ1n) is 9.57. The lowest BCUT2D eigenvalue weighted by molar-refractivity contribution is 0.879. The van der Waals surface area contributed by atoms with Gasteiger partial charge in [0.2, 0.25) is 0 Å². The van der Waals surface area contributed by atoms with Gasteiger partial charge in [-0.2, -0.15) is 0 Å². The minimum absolute atomic E-state index is 0.105. The van der Waals surface area contributed by atoms with Gasteiger partial charge >= 0.3 is 0 Å². The van der Waals surface area contributed by atoms with Gasteiger partial charge in [0.1, 0.15) is 0 Å². The van der Waals surface area contributed by atoms with Crippen LogP contribution in [0.3, 0.4) is 0 Å². The number of aromatic nitrogens is 3. The van der Waals surface area contributed by atoms with Gasteiger partial charge in [0, 0.05) is 17.3 Å². The number of hydrogen-bond donors (Lipinski definition) is 2. The summed E-state index contributed by atoms with van der Waals surface area (Å²) in [6, 6.07) is 18.1. The summed E-state index contributed by atoms with van der Waals surface area (Å²) < 4.78 is 1.52. The normalized spacial score (nSPS) is 11.1. The molecule has 2 N–H and O–H groups in total. The molecule has 0 aliphatic carbocycles. The van der Waals surface area contributed by atoms with Crippen molar-refractivity contribution in [2.75, 3.05) is 5.32 Å². The Kier molecular flexibility index (Phi) is 4.74. The quantitative estimate of drug-likeness (QED) is 0.543. The fourth-order valence-corrected chi connectivity index (χ4v) is 3.48. The minimum atomic E-state index is -0.105. The van der Waals surface area contributed by atoms with E-state index in [1.807, 2.05) is 19.1 Å². The van der Waals surface area contributed by atoms with Crippen LogP contribution in [-0.2, 0) is 13.0 Å². The number of anilines is 1. The molecular weight excluding hydrogens is 348 g/mol. The summed E-state index contributed by atoms with van der Waals surface area (Å²) in [7, 11) is 0. The first-order chi connectivity index (χ1) is 13.6. The maximum atomic E-state index is 12.6. The second kappa shape index (κ2) is 7.35. The fourth-order valence-electron chi connectivity index (χ4n) is 3.48. The first kappa shape index (κ1) is 18.0. The topological polar surface area (TPSA) is 62.2 Å². The molecule has 0 amide bonds. The van der Waals surface area contributed by atoms with E-state index >= 15 is 0 Å². The second-order valence-electron chi connectivity index (χ2n) is 7.09. The number of rotatable bonds is 5. The Morgan fingerprint density at radius 1 is 1.07 bits per heavy atom. The van der Waals surface area contributed by atoms with Crippen LogP contribution < -0.4 is 10.9 Å². The molecule has 142 valence electrons. The molecule has 0 aliphatic rings. The van der Waals surface area contributed by atoms with Gasteiger partial charge in [-0.25, -0.2) is 9.50 Å². The smallest absolute Gasteiger partial charge is 0.272 e. The van der Waals surface area contributed by atoms with Gasteiger partial charge in [0.25, 0.3) is 5.56 Å². The Bertz CT molecular complexity index is 1190. The molecule has 5 nitrogen and oxygen atoms in total. The zero-order chi connectivity index (χ0) is 19.7. The zero-order valence-electron chi connectivity index (χ0n) is 16.4. The molecule has 0 saturated heterocycles. The van der Waals surface area contributed by atoms with Gasteiger partial charge < -0.3 is 5.32 Å². The number of hydrogen-bond acceptors (Lipinski definition) is 3. The molecular formula is C23H24N4O. The number of para-hydroxylation sites is 1. The van der Waals surface area contributed by atoms with Gasteiger partial charge in [0.05, 0.1) is 17.9 Å². The summed E-state index contributed by atoms with van der Waals surface area (Å²) >= 11 is 0. The van der Waals surface area contributed by atoms with Gasteiger partial charge in [-0.05, 0) is 37.5 Å². The van der Waals surface area contributed by atoms with Crippen molar-refractivity contribution in [3.05, 3.63) is 87.3 Å². The predicted molar refractivity (Wildman–Crippen MR) is 114 cm³/mol. The number of aryl methyl sites for hydroxylation is 3. The largest absolute Gasteiger partial charge is 0.379 e. The van der Waals surface area contributed by atoms with Gasteiger partial charge in [0.15, 0.2) is 5.65 Å². The fraction of sp³-hybridized carbons (Fsp3) is 0.217. The molecule has 2 aromatic heterocycles. The van der Waals surface area contributed by atoms with Crippen molar-refractivity contribution in [1.82, 2.24) is 14.6 Å². The van der Waals surface area contributed by atoms with E-state index in [0.717, 1.165) is 34.6 Å². The Labute approximate surface area is 164 Å². The molecule has 0 atom stereocenters. The van der Waals surface area contributed by atoms with Crippen LogP contribution in [0.15, 0.2) is 59.4 Å². The lowest BCUT2D eigenvalue weighted by atomic mass is 10.1. The molecule has 0 bridgehead atoms. The Hall–Kier alpha value is -3.34. The number of nitrogens with zero attached hydrogens (tertiary/aromatic N) is 2. The average molecular weight is 372 g/mol. The Morgan fingerprint density at radius 3 is 2.57 bits per heavy atom. The Balaban J connectivity index is 1.69. The van der Waals surface area contributed by atoms with Crippen LogP contribution in [0.25, 0.3) is 16.9 Å². The van der Waals surface area contributed by atoms with Gasteiger partial charge in [-0.15, -0.1) is 0 Å². The van der Waals surface area contributed by atoms with Crippen LogP contribution in [0.1, 0.15) is 29.3 Å². The van der Waals surface area contributed by atoms with Crippen LogP contribution >= 0.6 is 0 Å². The number of H-pyrrole nitrogens is 1. The Morgan fingerprint density at radius 2 is 1.82 bits per heavy atom. The summed E-state index contributed by atoms with van der Waals surface area (Å²) in [4.78, 5) is 17.4. The first-order valence-corrected chi connectivity index (χ1v) is 9.57. The van der Waals surface area contributed by atoms with Crippen LogP contribution in [0.4, 0.5) is 5.69 Å². The van der Waals surface area contributed by atoms with Gasteiger partial charge in [-0.1, -0.05) is 55.0 Å². The average Bonchev–Trinajstić information content (AvgIpc) is 3.04. The summed E-state index contributed by atoms with van der Waals surface area (Å²) in [5.41, 5.74) is 7.77. The van der Waals surface area contributed by atoms with E-state index in [4.69, 9.17) is 4.98 Å². The van der Waals surface area contributed by atoms with Crippen molar-refractivity contribution in [2.24, 2.45) is 0 Å². The van der Waals surface area contributed by atoms with E-state index in [0.29, 0.717) is 12.2 Å². The maximum absolute atomic E-state index is 12.6. The number of benzene rings is 2. The molecule has 2 heterocycles. The van der Waals surface area contributed by atoms with E-state index < -0.39 is 0 Å². The van der Waals surface area contributed by atoms with E-state index in [1.54, 1.807) is 6.07 Å². The highest BCUT2D eigenvalue weighted by Crippen LogP contribution is 2.24. The molecule has 4 rings (SSSR count). The number of aromatic amines is 1. The third-order valence-electron chi connectivity index (χ3n) is 5.10. The van der Waals surface area contributed by atoms with Crippen LogP contribution in [-0.4, -0.2) is 14.6 Å². The van der Waals surface area contributed by atoms with Crippen molar-refractivity contribution in [3.63, 3.8) is 0 Å². The number of fused-ring (bicyclic) bond motifs is 1. The van der Waals surface area contributed by atoms with Crippen molar-refractivity contribution < 1.29 is 0 Å². The minimum Gasteiger partial charge on any atom is -0.379 e. The third kappa shape index (κ3) is 3.31. The van der Waals surface area contributed by atoms with E-state index in [9.17, 15) is 4.79 Å². The molecule has 0 unspecified atom stereocenters. The lowest BCUT2D eigenvalue weighted by Crippen LogP contribution is -2.17. The molecule has 0 spiro atoms. The van der Waals surface area contributed by atoms with Crippen molar-refractivity contribution in [2.45, 2.75) is 33.7 Å². The second-order valence-corrected chi connectivity index (χ2v) is 7.09. The summed E-state index contributed by atoms with van der Waals surface area (Å²) in [6.45, 7) is 6.70. The summed E-state index contributed by atoms with van der Waals surface area (Å²) in [6.07, 6.45) is 0.953. The van der Waals surface area contributed by atoms with E-state index in [2.05, 4.69) is 60.7 Å². The molecule has 4 aromatic rings. The number of nitrogens with one attached hydrogen (secondary N) is 2. The standard InChI is InChI=1S/C23H24N4O/c1-4-17-7-5-6-8-20(17)24-14-19-13-21(28)27-23(25-19)16(3)22(26-27)18-11-9-15(2)10-12-18/h5-13,24,26H,4,14H2,1-3H3. The van der Waals surface area contributed by atoms with Crippen LogP contribution in [0.5, 0.6) is 0 Å². The maximum Gasteiger partial charge on any atom is 0.272 e. The molecule has 28 heavy (non-hydrogen) atoms. The highest BCUT2D eigenvalue weighted by Gasteiger charge is 2.13. The van der Waals surface area contributed by atoms with Gasteiger partial charge in [-0.3, -0.25) is 9.89 Å². The van der Waals surface area contributed by atoms with Crippen molar-refractivity contribution in [1.29, 1.82) is 0 Å². The highest BCUT2D eigenvalue weighted by molar-refractivity contribution is 5.70. The third-order valence-corrected chi connectivity index (χ3v) is 5.10. The van der Waals surface area contributed by atoms with E-state index in [1.165, 1.54) is 15.6 Å². The molecule has 5 heteroatoms. The van der Waals surface area contributed by atoms with Crippen molar-refractivity contribution in [3.8, 4) is 11.3 Å². The molecule has 0 aliphatic heterocycles. The molecule has 0 radical (unpaired) electrons. The zero-order valence-corrected chi connectivity index (χ0v) is 16.4. The predicted octanol–water partition coefficient (Wildman–Crippen LogP) is 4.48.